The third kappa shape index (κ3) is 8.82. The summed E-state index contributed by atoms with van der Waals surface area (Å²) in [7, 11) is 0. The molecule has 0 saturated carbocycles. The maximum atomic E-state index is 13.2. The molecular formula is C24H26F4N4O4S2. The van der Waals surface area contributed by atoms with E-state index >= 15 is 0 Å². The molecular weight excluding hydrogens is 548 g/mol. The SMILES string of the molecule is CC(O)CC[C@H](NC(=O)c1cnc(-c2ccc(F)cc2)s1)C(=O)N[C@@H](CCC(F)(F)F)C(O)c1nccs1. The van der Waals surface area contributed by atoms with E-state index in [9.17, 15) is 37.4 Å². The van der Waals surface area contributed by atoms with Gasteiger partial charge in [-0.15, -0.1) is 22.7 Å². The quantitative estimate of drug-likeness (QED) is 0.240. The Hall–Kier alpha value is -2.94. The maximum Gasteiger partial charge on any atom is 0.389 e. The van der Waals surface area contributed by atoms with Crippen molar-refractivity contribution in [2.24, 2.45) is 0 Å². The number of benzene rings is 1. The molecule has 2 aromatic heterocycles. The molecule has 0 aliphatic carbocycles. The molecule has 0 saturated heterocycles. The lowest BCUT2D eigenvalue weighted by Gasteiger charge is -2.26. The molecule has 2 unspecified atom stereocenters. The van der Waals surface area contributed by atoms with Gasteiger partial charge in [-0.05, 0) is 50.5 Å². The van der Waals surface area contributed by atoms with Gasteiger partial charge in [-0.25, -0.2) is 14.4 Å². The van der Waals surface area contributed by atoms with Crippen LogP contribution in [-0.2, 0) is 4.79 Å². The number of amides is 2. The summed E-state index contributed by atoms with van der Waals surface area (Å²) in [5, 5.41) is 27.4. The van der Waals surface area contributed by atoms with Gasteiger partial charge < -0.3 is 20.8 Å². The Morgan fingerprint density at radius 3 is 2.37 bits per heavy atom. The Kier molecular flexibility index (Phi) is 10.3. The number of carbonyl (C=O) groups excluding carboxylic acids is 2. The van der Waals surface area contributed by atoms with Crippen molar-refractivity contribution < 1.29 is 37.4 Å². The zero-order valence-electron chi connectivity index (χ0n) is 20.1. The van der Waals surface area contributed by atoms with E-state index in [1.165, 1.54) is 43.6 Å². The summed E-state index contributed by atoms with van der Waals surface area (Å²) >= 11 is 2.04. The molecule has 2 heterocycles. The number of rotatable bonds is 12. The summed E-state index contributed by atoms with van der Waals surface area (Å²) in [5.41, 5.74) is 0.586. The molecule has 4 N–H and O–H groups in total. The fourth-order valence-electron chi connectivity index (χ4n) is 3.48. The highest BCUT2D eigenvalue weighted by molar-refractivity contribution is 7.16. The van der Waals surface area contributed by atoms with Crippen LogP contribution < -0.4 is 10.6 Å². The number of alkyl halides is 3. The number of carbonyl (C=O) groups is 2. The molecule has 3 aromatic rings. The number of aliphatic hydroxyl groups is 2. The monoisotopic (exact) mass is 574 g/mol. The van der Waals surface area contributed by atoms with Crippen LogP contribution in [0.1, 0.15) is 53.4 Å². The molecule has 14 heteroatoms. The van der Waals surface area contributed by atoms with E-state index in [0.717, 1.165) is 22.7 Å². The highest BCUT2D eigenvalue weighted by Crippen LogP contribution is 2.28. The van der Waals surface area contributed by atoms with E-state index in [-0.39, 0.29) is 22.7 Å². The number of nitrogens with zero attached hydrogens (tertiary/aromatic N) is 2. The molecule has 0 aliphatic rings. The molecule has 0 bridgehead atoms. The summed E-state index contributed by atoms with van der Waals surface area (Å²) < 4.78 is 51.9. The van der Waals surface area contributed by atoms with Crippen LogP contribution in [0.5, 0.6) is 0 Å². The first-order valence-corrected chi connectivity index (χ1v) is 13.3. The minimum Gasteiger partial charge on any atom is -0.393 e. The van der Waals surface area contributed by atoms with Gasteiger partial charge in [0.05, 0.1) is 18.3 Å². The van der Waals surface area contributed by atoms with Crippen LogP contribution in [-0.4, -0.2) is 56.4 Å². The lowest BCUT2D eigenvalue weighted by Crippen LogP contribution is -2.51. The average Bonchev–Trinajstić information content (AvgIpc) is 3.56. The summed E-state index contributed by atoms with van der Waals surface area (Å²) in [5.74, 6) is -1.90. The standard InChI is InChI=1S/C24H26F4N4O4S2/c1-13(33)2-7-17(32-21(36)18-12-30-22(38-18)14-3-5-15(25)6-4-14)20(35)31-16(8-9-24(26,27)28)19(34)23-29-10-11-37-23/h3-6,10-13,16-17,19,33-34H,2,7-9H2,1H3,(H,31,35)(H,32,36)/t13?,16-,17-,19?/m0/s1. The van der Waals surface area contributed by atoms with Gasteiger partial charge in [0.1, 0.15) is 32.9 Å². The van der Waals surface area contributed by atoms with Gasteiger partial charge in [0.25, 0.3) is 5.91 Å². The first kappa shape index (κ1) is 29.6. The third-order valence-corrected chi connectivity index (χ3v) is 7.36. The summed E-state index contributed by atoms with van der Waals surface area (Å²) in [6, 6.07) is 2.97. The van der Waals surface area contributed by atoms with Crippen molar-refractivity contribution >= 4 is 34.5 Å². The van der Waals surface area contributed by atoms with Gasteiger partial charge in [-0.2, -0.15) is 13.2 Å². The Labute approximate surface area is 223 Å². The fraction of sp³-hybridized carbons (Fsp3) is 0.417. The number of nitrogens with one attached hydrogen (secondary N) is 2. The average molecular weight is 575 g/mol. The van der Waals surface area contributed by atoms with Gasteiger partial charge in [0, 0.05) is 23.6 Å². The Bertz CT molecular complexity index is 1190. The normalized spacial score (nSPS) is 14.9. The van der Waals surface area contributed by atoms with Crippen molar-refractivity contribution in [1.82, 2.24) is 20.6 Å². The molecule has 2 amide bonds. The second-order valence-electron chi connectivity index (χ2n) is 8.57. The Balaban J connectivity index is 1.75. The van der Waals surface area contributed by atoms with E-state index < -0.39 is 60.9 Å². The maximum absolute atomic E-state index is 13.2. The van der Waals surface area contributed by atoms with Crippen molar-refractivity contribution in [2.75, 3.05) is 0 Å². The van der Waals surface area contributed by atoms with Crippen LogP contribution in [0.2, 0.25) is 0 Å². The van der Waals surface area contributed by atoms with E-state index in [0.29, 0.717) is 10.6 Å². The molecule has 0 fully saturated rings. The van der Waals surface area contributed by atoms with Crippen molar-refractivity contribution in [3.8, 4) is 10.6 Å². The van der Waals surface area contributed by atoms with Crippen molar-refractivity contribution in [3.63, 3.8) is 0 Å². The predicted molar refractivity (Wildman–Crippen MR) is 134 cm³/mol. The van der Waals surface area contributed by atoms with Crippen molar-refractivity contribution in [1.29, 1.82) is 0 Å². The van der Waals surface area contributed by atoms with Crippen LogP contribution in [0.25, 0.3) is 10.6 Å². The molecule has 3 rings (SSSR count). The van der Waals surface area contributed by atoms with E-state index in [4.69, 9.17) is 0 Å². The predicted octanol–water partition coefficient (Wildman–Crippen LogP) is 4.23. The van der Waals surface area contributed by atoms with Crippen molar-refractivity contribution in [3.05, 3.63) is 57.7 Å². The summed E-state index contributed by atoms with van der Waals surface area (Å²) in [4.78, 5) is 34.3. The second-order valence-corrected chi connectivity index (χ2v) is 10.5. The van der Waals surface area contributed by atoms with Gasteiger partial charge >= 0.3 is 6.18 Å². The van der Waals surface area contributed by atoms with Crippen LogP contribution in [0.4, 0.5) is 17.6 Å². The highest BCUT2D eigenvalue weighted by atomic mass is 32.1. The molecule has 0 aliphatic heterocycles. The molecule has 8 nitrogen and oxygen atoms in total. The number of halogens is 4. The molecule has 1 aromatic carbocycles. The zero-order valence-corrected chi connectivity index (χ0v) is 21.7. The zero-order chi connectivity index (χ0) is 27.9. The number of thiazole rings is 2. The minimum absolute atomic E-state index is 0.0157. The van der Waals surface area contributed by atoms with Gasteiger partial charge in [0.15, 0.2) is 0 Å². The Morgan fingerprint density at radius 1 is 1.05 bits per heavy atom. The number of aliphatic hydroxyl groups excluding tert-OH is 2. The van der Waals surface area contributed by atoms with Gasteiger partial charge in [-0.1, -0.05) is 0 Å². The summed E-state index contributed by atoms with van der Waals surface area (Å²) in [6.45, 7) is 1.49. The first-order valence-electron chi connectivity index (χ1n) is 11.6. The number of aromatic nitrogens is 2. The van der Waals surface area contributed by atoms with Crippen LogP contribution in [0.15, 0.2) is 42.0 Å². The molecule has 0 spiro atoms. The minimum atomic E-state index is -4.51. The van der Waals surface area contributed by atoms with E-state index in [2.05, 4.69) is 20.6 Å². The largest absolute Gasteiger partial charge is 0.393 e. The second kappa shape index (κ2) is 13.2. The number of hydrogen-bond acceptors (Lipinski definition) is 8. The fourth-order valence-corrected chi connectivity index (χ4v) is 4.99. The van der Waals surface area contributed by atoms with E-state index in [1.807, 2.05) is 0 Å². The lowest BCUT2D eigenvalue weighted by atomic mass is 10.0. The van der Waals surface area contributed by atoms with Crippen molar-refractivity contribution in [2.45, 2.75) is 63.1 Å². The number of hydrogen-bond donors (Lipinski definition) is 4. The van der Waals surface area contributed by atoms with Crippen LogP contribution >= 0.6 is 22.7 Å². The molecule has 38 heavy (non-hydrogen) atoms. The van der Waals surface area contributed by atoms with Gasteiger partial charge in [0.2, 0.25) is 5.91 Å². The smallest absolute Gasteiger partial charge is 0.389 e. The lowest BCUT2D eigenvalue weighted by molar-refractivity contribution is -0.140. The molecule has 206 valence electrons. The molecule has 4 atom stereocenters. The van der Waals surface area contributed by atoms with Crippen LogP contribution in [0, 0.1) is 5.82 Å². The first-order chi connectivity index (χ1) is 17.9. The highest BCUT2D eigenvalue weighted by Gasteiger charge is 2.34. The van der Waals surface area contributed by atoms with Gasteiger partial charge in [-0.3, -0.25) is 9.59 Å². The topological polar surface area (TPSA) is 124 Å². The van der Waals surface area contributed by atoms with Crippen LogP contribution in [0.3, 0.4) is 0 Å². The summed E-state index contributed by atoms with van der Waals surface area (Å²) in [6.07, 6.45) is -5.90. The molecule has 0 radical (unpaired) electrons. The Morgan fingerprint density at radius 2 is 1.76 bits per heavy atom. The van der Waals surface area contributed by atoms with E-state index in [1.54, 1.807) is 5.38 Å². The third-order valence-electron chi connectivity index (χ3n) is 5.47.